The molecule has 3 heterocycles. The van der Waals surface area contributed by atoms with Gasteiger partial charge in [0.05, 0.1) is 10.9 Å². The monoisotopic (exact) mass is 289 g/mol. The Kier molecular flexibility index (Phi) is 2.19. The lowest BCUT2D eigenvalue weighted by Crippen LogP contribution is -2.36. The number of nitrogen functional groups attached to an aromatic ring is 1. The number of rotatable bonds is 1. The van der Waals surface area contributed by atoms with Gasteiger partial charge in [0.2, 0.25) is 0 Å². The first-order chi connectivity index (χ1) is 10.00. The topological polar surface area (TPSA) is 150 Å². The molecule has 1 aliphatic heterocycles. The molecule has 2 aromatic rings. The van der Waals surface area contributed by atoms with E-state index in [1.54, 1.807) is 0 Å². The fourth-order valence-electron chi connectivity index (χ4n) is 2.93. The molecular weight excluding hydrogens is 278 g/mol. The normalized spacial score (nSPS) is 37.4. The van der Waals surface area contributed by atoms with Crippen LogP contribution in [0.2, 0.25) is 0 Å². The first-order valence-corrected chi connectivity index (χ1v) is 6.25. The zero-order valence-corrected chi connectivity index (χ0v) is 10.6. The number of nitrogens with zero attached hydrogens (tertiary/aromatic N) is 4. The molecule has 1 saturated heterocycles. The number of fused-ring (bicyclic) bond motifs is 2. The Bertz CT molecular complexity index is 799. The van der Waals surface area contributed by atoms with E-state index in [1.807, 2.05) is 6.07 Å². The van der Waals surface area contributed by atoms with Crippen molar-refractivity contribution in [3.05, 3.63) is 18.1 Å². The second kappa shape index (κ2) is 3.69. The van der Waals surface area contributed by atoms with E-state index in [0.29, 0.717) is 11.0 Å². The summed E-state index contributed by atoms with van der Waals surface area (Å²) in [6.45, 7) is 0. The molecule has 0 aromatic carbocycles. The molecule has 4 rings (SSSR count). The fraction of sp³-hybridized carbons (Fsp3) is 0.417. The van der Waals surface area contributed by atoms with Gasteiger partial charge in [-0.3, -0.25) is 0 Å². The van der Waals surface area contributed by atoms with Gasteiger partial charge in [-0.2, -0.15) is 5.26 Å². The number of hydrogen-bond acceptors (Lipinski definition) is 8. The maximum absolute atomic E-state index is 10.2. The van der Waals surface area contributed by atoms with Crippen molar-refractivity contribution in [3.63, 3.8) is 0 Å². The van der Waals surface area contributed by atoms with Crippen LogP contribution in [0, 0.1) is 11.3 Å². The van der Waals surface area contributed by atoms with E-state index >= 15 is 0 Å². The Morgan fingerprint density at radius 3 is 2.76 bits per heavy atom. The van der Waals surface area contributed by atoms with Crippen molar-refractivity contribution in [2.24, 2.45) is 0 Å². The molecule has 1 unspecified atom stereocenters. The lowest BCUT2D eigenvalue weighted by Gasteiger charge is -2.22. The third-order valence-corrected chi connectivity index (χ3v) is 4.17. The SMILES string of the molecule is N#Cc1cn([C@@H]2O[C@@H]3C(O)[C@@]3(O)[C@H]2O)c2ncnc(N)c12. The summed E-state index contributed by atoms with van der Waals surface area (Å²) >= 11 is 0. The quantitative estimate of drug-likeness (QED) is 0.482. The Hall–Kier alpha value is -2.25. The molecular formula is C12H11N5O4. The zero-order chi connectivity index (χ0) is 14.9. The maximum Gasteiger partial charge on any atom is 0.164 e. The minimum atomic E-state index is -1.67. The predicted octanol–water partition coefficient (Wildman–Crippen LogP) is -1.75. The van der Waals surface area contributed by atoms with E-state index < -0.39 is 30.1 Å². The van der Waals surface area contributed by atoms with Crippen LogP contribution < -0.4 is 5.73 Å². The molecule has 9 nitrogen and oxygen atoms in total. The summed E-state index contributed by atoms with van der Waals surface area (Å²) in [5.74, 6) is 0.145. The molecule has 0 bridgehead atoms. The summed E-state index contributed by atoms with van der Waals surface area (Å²) in [5, 5.41) is 39.3. The second-order valence-corrected chi connectivity index (χ2v) is 5.24. The van der Waals surface area contributed by atoms with Crippen LogP contribution in [0.25, 0.3) is 11.0 Å². The average molecular weight is 289 g/mol. The number of hydrogen-bond donors (Lipinski definition) is 4. The molecule has 5 atom stereocenters. The number of nitriles is 1. The van der Waals surface area contributed by atoms with Gasteiger partial charge in [0, 0.05) is 6.20 Å². The first kappa shape index (κ1) is 12.5. The summed E-state index contributed by atoms with van der Waals surface area (Å²) in [7, 11) is 0. The van der Waals surface area contributed by atoms with Gasteiger partial charge in [0.15, 0.2) is 11.8 Å². The van der Waals surface area contributed by atoms with E-state index in [0.717, 1.165) is 0 Å². The number of ether oxygens (including phenoxy) is 1. The Morgan fingerprint density at radius 2 is 2.14 bits per heavy atom. The standard InChI is InChI=1S/C12H11N5O4/c13-1-4-2-17(10-5(4)9(14)15-3-16-10)11-7(19)12(20)6(18)8(12)21-11/h2-3,6-8,11,18-20H,(H2,14,15,16)/t6?,7-,8+,11+,12+/m0/s1. The molecule has 2 aromatic heterocycles. The van der Waals surface area contributed by atoms with E-state index in [9.17, 15) is 15.3 Å². The molecule has 2 aliphatic rings. The van der Waals surface area contributed by atoms with Crippen molar-refractivity contribution in [3.8, 4) is 6.07 Å². The van der Waals surface area contributed by atoms with Crippen LogP contribution in [-0.2, 0) is 4.74 Å². The van der Waals surface area contributed by atoms with Gasteiger partial charge in [0.1, 0.15) is 42.2 Å². The average Bonchev–Trinajstić information content (AvgIpc) is 2.79. The highest BCUT2D eigenvalue weighted by atomic mass is 16.6. The number of aliphatic hydroxyl groups is 3. The van der Waals surface area contributed by atoms with Crippen LogP contribution in [0.1, 0.15) is 11.8 Å². The largest absolute Gasteiger partial charge is 0.387 e. The van der Waals surface area contributed by atoms with Crippen LogP contribution in [-0.4, -0.2) is 53.8 Å². The van der Waals surface area contributed by atoms with Crippen molar-refractivity contribution < 1.29 is 20.1 Å². The highest BCUT2D eigenvalue weighted by Crippen LogP contribution is 2.54. The Balaban J connectivity index is 1.86. The minimum absolute atomic E-state index is 0.145. The number of nitrogens with two attached hydrogens (primary N) is 1. The van der Waals surface area contributed by atoms with Gasteiger partial charge in [-0.25, -0.2) is 9.97 Å². The molecule has 5 N–H and O–H groups in total. The van der Waals surface area contributed by atoms with E-state index in [1.165, 1.54) is 17.1 Å². The Labute approximate surface area is 117 Å². The van der Waals surface area contributed by atoms with Crippen LogP contribution in [0.3, 0.4) is 0 Å². The van der Waals surface area contributed by atoms with E-state index in [-0.39, 0.29) is 11.4 Å². The van der Waals surface area contributed by atoms with Crippen molar-refractivity contribution in [2.45, 2.75) is 30.1 Å². The summed E-state index contributed by atoms with van der Waals surface area (Å²) in [6, 6.07) is 1.98. The minimum Gasteiger partial charge on any atom is -0.387 e. The third-order valence-electron chi connectivity index (χ3n) is 4.17. The van der Waals surface area contributed by atoms with Crippen LogP contribution >= 0.6 is 0 Å². The van der Waals surface area contributed by atoms with Gasteiger partial charge in [-0.15, -0.1) is 0 Å². The van der Waals surface area contributed by atoms with E-state index in [2.05, 4.69) is 9.97 Å². The fourth-order valence-corrected chi connectivity index (χ4v) is 2.93. The molecule has 0 spiro atoms. The molecule has 1 aliphatic carbocycles. The van der Waals surface area contributed by atoms with Crippen LogP contribution in [0.4, 0.5) is 5.82 Å². The molecule has 2 fully saturated rings. The zero-order valence-electron chi connectivity index (χ0n) is 10.6. The lowest BCUT2D eigenvalue weighted by atomic mass is 10.1. The maximum atomic E-state index is 10.2. The summed E-state index contributed by atoms with van der Waals surface area (Å²) < 4.78 is 6.88. The van der Waals surface area contributed by atoms with Crippen LogP contribution in [0.5, 0.6) is 0 Å². The Morgan fingerprint density at radius 1 is 1.38 bits per heavy atom. The van der Waals surface area contributed by atoms with Gasteiger partial charge < -0.3 is 30.4 Å². The molecule has 108 valence electrons. The highest BCUT2D eigenvalue weighted by Gasteiger charge is 2.76. The summed E-state index contributed by atoms with van der Waals surface area (Å²) in [5.41, 5.74) is 4.65. The van der Waals surface area contributed by atoms with E-state index in [4.69, 9.17) is 15.7 Å². The first-order valence-electron chi connectivity index (χ1n) is 6.25. The lowest BCUT2D eigenvalue weighted by molar-refractivity contribution is -0.0940. The van der Waals surface area contributed by atoms with Gasteiger partial charge in [0.25, 0.3) is 0 Å². The number of anilines is 1. The molecule has 1 saturated carbocycles. The summed E-state index contributed by atoms with van der Waals surface area (Å²) in [4.78, 5) is 7.89. The van der Waals surface area contributed by atoms with Crippen LogP contribution in [0.15, 0.2) is 12.5 Å². The smallest absolute Gasteiger partial charge is 0.164 e. The number of aliphatic hydroxyl groups excluding tert-OH is 2. The summed E-state index contributed by atoms with van der Waals surface area (Å²) in [6.07, 6.45) is -1.58. The second-order valence-electron chi connectivity index (χ2n) is 5.24. The highest BCUT2D eigenvalue weighted by molar-refractivity contribution is 5.92. The van der Waals surface area contributed by atoms with Crippen molar-refractivity contribution in [1.82, 2.24) is 14.5 Å². The number of aromatic nitrogens is 3. The van der Waals surface area contributed by atoms with Crippen molar-refractivity contribution in [1.29, 1.82) is 5.26 Å². The molecule has 9 heteroatoms. The molecule has 0 amide bonds. The van der Waals surface area contributed by atoms with Gasteiger partial charge >= 0.3 is 0 Å². The van der Waals surface area contributed by atoms with Crippen molar-refractivity contribution >= 4 is 16.9 Å². The third kappa shape index (κ3) is 1.32. The van der Waals surface area contributed by atoms with Gasteiger partial charge in [-0.05, 0) is 0 Å². The molecule has 21 heavy (non-hydrogen) atoms. The molecule has 0 radical (unpaired) electrons. The van der Waals surface area contributed by atoms with Gasteiger partial charge in [-0.1, -0.05) is 0 Å². The van der Waals surface area contributed by atoms with Crippen molar-refractivity contribution in [2.75, 3.05) is 5.73 Å². The predicted molar refractivity (Wildman–Crippen MR) is 67.5 cm³/mol.